The summed E-state index contributed by atoms with van der Waals surface area (Å²) in [5.74, 6) is -0.208. The topological polar surface area (TPSA) is 69.6 Å². The van der Waals surface area contributed by atoms with E-state index in [4.69, 9.17) is 0 Å². The van der Waals surface area contributed by atoms with Crippen LogP contribution in [0.2, 0.25) is 0 Å². The number of hydrogen-bond acceptors (Lipinski definition) is 3. The molecule has 0 aliphatic heterocycles. The third-order valence-corrected chi connectivity index (χ3v) is 5.65. The molecule has 2 unspecified atom stereocenters. The molecular weight excluding hydrogens is 350 g/mol. The van der Waals surface area contributed by atoms with Gasteiger partial charge in [0.05, 0.1) is 18.8 Å². The summed E-state index contributed by atoms with van der Waals surface area (Å²) in [6.45, 7) is 3.47. The molecule has 168 valence electrons. The van der Waals surface area contributed by atoms with Crippen LogP contribution < -0.4 is 5.32 Å². The minimum Gasteiger partial charge on any atom is -0.394 e. The van der Waals surface area contributed by atoms with Gasteiger partial charge in [0, 0.05) is 6.92 Å². The summed E-state index contributed by atoms with van der Waals surface area (Å²) in [4.78, 5) is 11.0. The lowest BCUT2D eigenvalue weighted by Gasteiger charge is -2.21. The van der Waals surface area contributed by atoms with Gasteiger partial charge in [-0.05, 0) is 6.42 Å². The molecule has 0 spiro atoms. The van der Waals surface area contributed by atoms with Gasteiger partial charge in [-0.25, -0.2) is 0 Å². The highest BCUT2D eigenvalue weighted by molar-refractivity contribution is 5.73. The van der Waals surface area contributed by atoms with Crippen molar-refractivity contribution in [1.29, 1.82) is 0 Å². The van der Waals surface area contributed by atoms with E-state index in [2.05, 4.69) is 12.2 Å². The Morgan fingerprint density at radius 1 is 0.714 bits per heavy atom. The van der Waals surface area contributed by atoms with Crippen LogP contribution >= 0.6 is 0 Å². The van der Waals surface area contributed by atoms with E-state index in [1.165, 1.54) is 103 Å². The highest BCUT2D eigenvalue weighted by atomic mass is 16.3. The molecule has 1 amide bonds. The summed E-state index contributed by atoms with van der Waals surface area (Å²) in [7, 11) is 0. The van der Waals surface area contributed by atoms with E-state index in [1.807, 2.05) is 0 Å². The molecule has 4 heteroatoms. The molecule has 3 N–H and O–H groups in total. The van der Waals surface area contributed by atoms with E-state index in [0.29, 0.717) is 6.42 Å². The van der Waals surface area contributed by atoms with Gasteiger partial charge in [0.1, 0.15) is 0 Å². The van der Waals surface area contributed by atoms with Crippen molar-refractivity contribution in [3.63, 3.8) is 0 Å². The van der Waals surface area contributed by atoms with Crippen LogP contribution in [0, 0.1) is 0 Å². The van der Waals surface area contributed by atoms with Crippen LogP contribution in [0.5, 0.6) is 0 Å². The summed E-state index contributed by atoms with van der Waals surface area (Å²) in [5, 5.41) is 21.8. The molecule has 0 aromatic carbocycles. The Balaban J connectivity index is 3.26. The lowest BCUT2D eigenvalue weighted by atomic mass is 10.0. The van der Waals surface area contributed by atoms with Gasteiger partial charge in [0.2, 0.25) is 5.91 Å². The van der Waals surface area contributed by atoms with Crippen LogP contribution in [0.15, 0.2) is 0 Å². The zero-order valence-corrected chi connectivity index (χ0v) is 18.9. The predicted octanol–water partition coefficient (Wildman–Crippen LogP) is 5.89. The van der Waals surface area contributed by atoms with E-state index < -0.39 is 12.1 Å². The van der Waals surface area contributed by atoms with E-state index in [9.17, 15) is 15.0 Å². The number of carbonyl (C=O) groups excluding carboxylic acids is 1. The fourth-order valence-electron chi connectivity index (χ4n) is 3.80. The second-order valence-electron chi connectivity index (χ2n) is 8.50. The van der Waals surface area contributed by atoms with Crippen LogP contribution in [-0.2, 0) is 4.79 Å². The summed E-state index contributed by atoms with van der Waals surface area (Å²) in [6.07, 6.45) is 22.8. The largest absolute Gasteiger partial charge is 0.394 e. The Labute approximate surface area is 174 Å². The summed E-state index contributed by atoms with van der Waals surface area (Å²) in [5.41, 5.74) is 0. The third-order valence-electron chi connectivity index (χ3n) is 5.65. The highest BCUT2D eigenvalue weighted by Gasteiger charge is 2.18. The van der Waals surface area contributed by atoms with E-state index in [0.717, 1.165) is 12.8 Å². The van der Waals surface area contributed by atoms with Crippen LogP contribution in [0.4, 0.5) is 0 Å². The van der Waals surface area contributed by atoms with Crippen molar-refractivity contribution >= 4 is 5.91 Å². The van der Waals surface area contributed by atoms with Gasteiger partial charge in [-0.15, -0.1) is 0 Å². The lowest BCUT2D eigenvalue weighted by molar-refractivity contribution is -0.121. The molecule has 28 heavy (non-hydrogen) atoms. The second kappa shape index (κ2) is 21.1. The fourth-order valence-corrected chi connectivity index (χ4v) is 3.80. The van der Waals surface area contributed by atoms with Crippen LogP contribution in [0.3, 0.4) is 0 Å². The summed E-state index contributed by atoms with van der Waals surface area (Å²) >= 11 is 0. The normalized spacial score (nSPS) is 13.4. The minimum atomic E-state index is -0.648. The number of aliphatic hydroxyl groups excluding tert-OH is 2. The number of rotatable bonds is 21. The van der Waals surface area contributed by atoms with Gasteiger partial charge >= 0.3 is 0 Å². The Morgan fingerprint density at radius 2 is 1.07 bits per heavy atom. The van der Waals surface area contributed by atoms with Crippen molar-refractivity contribution in [3.8, 4) is 0 Å². The first-order valence-electron chi connectivity index (χ1n) is 12.2. The van der Waals surface area contributed by atoms with Crippen molar-refractivity contribution in [1.82, 2.24) is 5.32 Å². The first kappa shape index (κ1) is 27.4. The predicted molar refractivity (Wildman–Crippen MR) is 119 cm³/mol. The van der Waals surface area contributed by atoms with Crippen molar-refractivity contribution in [3.05, 3.63) is 0 Å². The van der Waals surface area contributed by atoms with Crippen molar-refractivity contribution in [2.24, 2.45) is 0 Å². The van der Waals surface area contributed by atoms with E-state index in [1.54, 1.807) is 0 Å². The zero-order chi connectivity index (χ0) is 20.9. The Bertz CT molecular complexity index is 336. The monoisotopic (exact) mass is 399 g/mol. The minimum absolute atomic E-state index is 0.208. The number of unbranched alkanes of at least 4 members (excludes halogenated alkanes) is 16. The molecule has 0 rings (SSSR count). The highest BCUT2D eigenvalue weighted by Crippen LogP contribution is 2.15. The van der Waals surface area contributed by atoms with Crippen molar-refractivity contribution in [2.75, 3.05) is 6.61 Å². The maximum Gasteiger partial charge on any atom is 0.217 e. The SMILES string of the molecule is CCCCCCCCCCCCCCCCCCCC(O)C(CO)NC(C)=O. The first-order valence-corrected chi connectivity index (χ1v) is 12.2. The molecule has 4 nitrogen and oxygen atoms in total. The van der Waals surface area contributed by atoms with Crippen molar-refractivity contribution in [2.45, 2.75) is 142 Å². The zero-order valence-electron chi connectivity index (χ0n) is 18.9. The molecule has 0 saturated heterocycles. The van der Waals surface area contributed by atoms with Crippen LogP contribution in [-0.4, -0.2) is 34.9 Å². The smallest absolute Gasteiger partial charge is 0.217 e. The fraction of sp³-hybridized carbons (Fsp3) is 0.958. The van der Waals surface area contributed by atoms with E-state index >= 15 is 0 Å². The number of aliphatic hydroxyl groups is 2. The molecule has 0 fully saturated rings. The van der Waals surface area contributed by atoms with Crippen LogP contribution in [0.1, 0.15) is 129 Å². The van der Waals surface area contributed by atoms with Gasteiger partial charge < -0.3 is 15.5 Å². The molecule has 0 aliphatic rings. The average molecular weight is 400 g/mol. The molecular formula is C24H49NO3. The average Bonchev–Trinajstić information content (AvgIpc) is 2.68. The number of hydrogen-bond donors (Lipinski definition) is 3. The molecule has 0 heterocycles. The molecule has 0 saturated carbocycles. The molecule has 0 aromatic heterocycles. The quantitative estimate of drug-likeness (QED) is 0.211. The van der Waals surface area contributed by atoms with Gasteiger partial charge in [-0.2, -0.15) is 0 Å². The van der Waals surface area contributed by atoms with Gasteiger partial charge in [-0.3, -0.25) is 4.79 Å². The summed E-state index contributed by atoms with van der Waals surface area (Å²) < 4.78 is 0. The number of nitrogens with one attached hydrogen (secondary N) is 1. The Morgan fingerprint density at radius 3 is 1.39 bits per heavy atom. The molecule has 0 bridgehead atoms. The number of amides is 1. The van der Waals surface area contributed by atoms with Crippen LogP contribution in [0.25, 0.3) is 0 Å². The molecule has 0 aliphatic carbocycles. The standard InChI is InChI=1S/C24H49NO3/c1-3-4-5-6-7-8-9-10-11-12-13-14-15-16-17-18-19-20-24(28)23(21-26)25-22(2)27/h23-24,26,28H,3-21H2,1-2H3,(H,25,27). The van der Waals surface area contributed by atoms with Gasteiger partial charge in [-0.1, -0.05) is 116 Å². The van der Waals surface area contributed by atoms with Gasteiger partial charge in [0.25, 0.3) is 0 Å². The molecule has 0 radical (unpaired) electrons. The van der Waals surface area contributed by atoms with E-state index in [-0.39, 0.29) is 12.5 Å². The van der Waals surface area contributed by atoms with Gasteiger partial charge in [0.15, 0.2) is 0 Å². The lowest BCUT2D eigenvalue weighted by Crippen LogP contribution is -2.44. The Hall–Kier alpha value is -0.610. The second-order valence-corrected chi connectivity index (χ2v) is 8.50. The van der Waals surface area contributed by atoms with Crippen molar-refractivity contribution < 1.29 is 15.0 Å². The first-order chi connectivity index (χ1) is 13.6. The Kier molecular flexibility index (Phi) is 20.6. The summed E-state index contributed by atoms with van der Waals surface area (Å²) in [6, 6.07) is -0.529. The molecule has 0 aromatic rings. The maximum atomic E-state index is 11.0. The third kappa shape index (κ3) is 18.7. The molecule has 2 atom stereocenters. The maximum absolute atomic E-state index is 11.0. The number of carbonyl (C=O) groups is 1.